The largest absolute Gasteiger partial charge is 0.466 e. The van der Waals surface area contributed by atoms with E-state index < -0.39 is 23.8 Å². The van der Waals surface area contributed by atoms with Gasteiger partial charge in [0.2, 0.25) is 0 Å². The second-order valence-corrected chi connectivity index (χ2v) is 4.69. The van der Waals surface area contributed by atoms with E-state index in [0.717, 1.165) is 6.42 Å². The Kier molecular flexibility index (Phi) is 8.60. The minimum Gasteiger partial charge on any atom is -0.466 e. The molecule has 0 bridgehead atoms. The number of nitriles is 1. The molecular formula is C14H23NO4. The molecule has 0 aromatic heterocycles. The van der Waals surface area contributed by atoms with Gasteiger partial charge in [-0.05, 0) is 26.2 Å². The Balaban J connectivity index is 4.91. The molecule has 0 aromatic rings. The van der Waals surface area contributed by atoms with Crippen molar-refractivity contribution in [3.8, 4) is 6.07 Å². The van der Waals surface area contributed by atoms with Crippen LogP contribution in [0.5, 0.6) is 0 Å². The molecule has 108 valence electrons. The van der Waals surface area contributed by atoms with E-state index in [-0.39, 0.29) is 13.2 Å². The standard InChI is InChI=1S/C14H23NO4/c1-5-18-13(16)11(8-7-10(3)4)12(9-15)14(17)19-6-2/h10-12H,5-8H2,1-4H3. The number of carbonyl (C=O) groups is 2. The van der Waals surface area contributed by atoms with Crippen molar-refractivity contribution >= 4 is 11.9 Å². The summed E-state index contributed by atoms with van der Waals surface area (Å²) in [5, 5.41) is 9.12. The first-order valence-corrected chi connectivity index (χ1v) is 6.70. The van der Waals surface area contributed by atoms with Gasteiger partial charge < -0.3 is 9.47 Å². The Morgan fingerprint density at radius 2 is 1.58 bits per heavy atom. The third-order valence-electron chi connectivity index (χ3n) is 2.73. The van der Waals surface area contributed by atoms with Crippen LogP contribution < -0.4 is 0 Å². The summed E-state index contributed by atoms with van der Waals surface area (Å²) in [5.41, 5.74) is 0. The molecule has 0 heterocycles. The molecule has 0 spiro atoms. The van der Waals surface area contributed by atoms with Crippen molar-refractivity contribution in [3.05, 3.63) is 0 Å². The Bertz CT molecular complexity index is 333. The van der Waals surface area contributed by atoms with Crippen molar-refractivity contribution in [3.63, 3.8) is 0 Å². The number of carbonyl (C=O) groups excluding carboxylic acids is 2. The number of hydrogen-bond donors (Lipinski definition) is 0. The predicted octanol–water partition coefficient (Wildman–Crippen LogP) is 2.30. The summed E-state index contributed by atoms with van der Waals surface area (Å²) in [6, 6.07) is 1.87. The van der Waals surface area contributed by atoms with Crippen molar-refractivity contribution in [1.29, 1.82) is 5.26 Å². The van der Waals surface area contributed by atoms with E-state index in [1.54, 1.807) is 13.8 Å². The predicted molar refractivity (Wildman–Crippen MR) is 69.9 cm³/mol. The van der Waals surface area contributed by atoms with Gasteiger partial charge in [0.05, 0.1) is 25.2 Å². The highest BCUT2D eigenvalue weighted by molar-refractivity contribution is 5.84. The maximum atomic E-state index is 11.9. The summed E-state index contributed by atoms with van der Waals surface area (Å²) in [4.78, 5) is 23.6. The number of rotatable bonds is 8. The van der Waals surface area contributed by atoms with E-state index in [1.807, 2.05) is 19.9 Å². The molecule has 19 heavy (non-hydrogen) atoms. The zero-order valence-electron chi connectivity index (χ0n) is 12.1. The van der Waals surface area contributed by atoms with Gasteiger partial charge in [0.25, 0.3) is 0 Å². The van der Waals surface area contributed by atoms with E-state index in [4.69, 9.17) is 14.7 Å². The Morgan fingerprint density at radius 1 is 1.05 bits per heavy atom. The molecule has 0 fully saturated rings. The van der Waals surface area contributed by atoms with Gasteiger partial charge in [-0.2, -0.15) is 5.26 Å². The quantitative estimate of drug-likeness (QED) is 0.632. The minimum atomic E-state index is -1.09. The van der Waals surface area contributed by atoms with Gasteiger partial charge in [0.1, 0.15) is 0 Å². The summed E-state index contributed by atoms with van der Waals surface area (Å²) in [5.74, 6) is -2.59. The van der Waals surface area contributed by atoms with Crippen LogP contribution in [0.25, 0.3) is 0 Å². The molecule has 5 nitrogen and oxygen atoms in total. The first-order valence-electron chi connectivity index (χ1n) is 6.70. The van der Waals surface area contributed by atoms with E-state index in [9.17, 15) is 9.59 Å². The average Bonchev–Trinajstić information content (AvgIpc) is 2.34. The third kappa shape index (κ3) is 6.23. The minimum absolute atomic E-state index is 0.191. The van der Waals surface area contributed by atoms with Crippen LogP contribution in [0, 0.1) is 29.1 Å². The van der Waals surface area contributed by atoms with Crippen molar-refractivity contribution in [2.24, 2.45) is 17.8 Å². The van der Waals surface area contributed by atoms with Crippen LogP contribution in [0.3, 0.4) is 0 Å². The first-order chi connectivity index (χ1) is 8.97. The highest BCUT2D eigenvalue weighted by Gasteiger charge is 2.35. The van der Waals surface area contributed by atoms with Crippen LogP contribution in [0.2, 0.25) is 0 Å². The molecular weight excluding hydrogens is 246 g/mol. The zero-order chi connectivity index (χ0) is 14.8. The van der Waals surface area contributed by atoms with Crippen LogP contribution >= 0.6 is 0 Å². The molecule has 0 N–H and O–H groups in total. The lowest BCUT2D eigenvalue weighted by Gasteiger charge is -2.19. The SMILES string of the molecule is CCOC(=O)C(C#N)C(CCC(C)C)C(=O)OCC. The van der Waals surface area contributed by atoms with Gasteiger partial charge in [-0.3, -0.25) is 9.59 Å². The van der Waals surface area contributed by atoms with Crippen LogP contribution in [0.4, 0.5) is 0 Å². The Labute approximate surface area is 114 Å². The summed E-state index contributed by atoms with van der Waals surface area (Å²) in [6.07, 6.45) is 1.20. The lowest BCUT2D eigenvalue weighted by atomic mass is 9.87. The molecule has 2 atom stereocenters. The monoisotopic (exact) mass is 269 g/mol. The normalized spacial score (nSPS) is 13.5. The van der Waals surface area contributed by atoms with Gasteiger partial charge >= 0.3 is 11.9 Å². The lowest BCUT2D eigenvalue weighted by molar-refractivity contribution is -0.158. The summed E-state index contributed by atoms with van der Waals surface area (Å²) < 4.78 is 9.79. The summed E-state index contributed by atoms with van der Waals surface area (Å²) >= 11 is 0. The van der Waals surface area contributed by atoms with Crippen molar-refractivity contribution in [1.82, 2.24) is 0 Å². The van der Waals surface area contributed by atoms with E-state index >= 15 is 0 Å². The smallest absolute Gasteiger partial charge is 0.324 e. The molecule has 0 aliphatic carbocycles. The third-order valence-corrected chi connectivity index (χ3v) is 2.73. The molecule has 0 amide bonds. The maximum Gasteiger partial charge on any atom is 0.324 e. The number of ether oxygens (including phenoxy) is 2. The summed E-state index contributed by atoms with van der Waals surface area (Å²) in [6.45, 7) is 7.83. The highest BCUT2D eigenvalue weighted by Crippen LogP contribution is 2.23. The number of esters is 2. The Morgan fingerprint density at radius 3 is 2.00 bits per heavy atom. The van der Waals surface area contributed by atoms with Gasteiger partial charge in [0.15, 0.2) is 5.92 Å². The van der Waals surface area contributed by atoms with E-state index in [1.165, 1.54) is 0 Å². The van der Waals surface area contributed by atoms with Crippen LogP contribution in [-0.4, -0.2) is 25.2 Å². The molecule has 0 aromatic carbocycles. The molecule has 2 unspecified atom stereocenters. The molecule has 0 saturated heterocycles. The Hall–Kier alpha value is -1.57. The fourth-order valence-corrected chi connectivity index (χ4v) is 1.72. The van der Waals surface area contributed by atoms with Crippen molar-refractivity contribution < 1.29 is 19.1 Å². The zero-order valence-corrected chi connectivity index (χ0v) is 12.1. The number of nitrogens with zero attached hydrogens (tertiary/aromatic N) is 1. The van der Waals surface area contributed by atoms with Gasteiger partial charge in [0, 0.05) is 0 Å². The fraction of sp³-hybridized carbons (Fsp3) is 0.786. The summed E-state index contributed by atoms with van der Waals surface area (Å²) in [7, 11) is 0. The van der Waals surface area contributed by atoms with Crippen LogP contribution in [0.1, 0.15) is 40.5 Å². The second-order valence-electron chi connectivity index (χ2n) is 4.69. The fourth-order valence-electron chi connectivity index (χ4n) is 1.72. The maximum absolute atomic E-state index is 11.9. The van der Waals surface area contributed by atoms with E-state index in [2.05, 4.69) is 0 Å². The lowest BCUT2D eigenvalue weighted by Crippen LogP contribution is -2.32. The average molecular weight is 269 g/mol. The van der Waals surface area contributed by atoms with Gasteiger partial charge in [-0.1, -0.05) is 20.3 Å². The van der Waals surface area contributed by atoms with E-state index in [0.29, 0.717) is 12.3 Å². The topological polar surface area (TPSA) is 76.4 Å². The molecule has 0 rings (SSSR count). The molecule has 0 aliphatic heterocycles. The second kappa shape index (κ2) is 9.37. The molecule has 0 saturated carbocycles. The van der Waals surface area contributed by atoms with Crippen LogP contribution in [-0.2, 0) is 19.1 Å². The van der Waals surface area contributed by atoms with Gasteiger partial charge in [-0.15, -0.1) is 0 Å². The van der Waals surface area contributed by atoms with Crippen molar-refractivity contribution in [2.75, 3.05) is 13.2 Å². The van der Waals surface area contributed by atoms with Crippen LogP contribution in [0.15, 0.2) is 0 Å². The molecule has 5 heteroatoms. The first kappa shape index (κ1) is 17.4. The van der Waals surface area contributed by atoms with Crippen molar-refractivity contribution in [2.45, 2.75) is 40.5 Å². The molecule has 0 aliphatic rings. The van der Waals surface area contributed by atoms with Gasteiger partial charge in [-0.25, -0.2) is 0 Å². The number of hydrogen-bond acceptors (Lipinski definition) is 5. The highest BCUT2D eigenvalue weighted by atomic mass is 16.5. The molecule has 0 radical (unpaired) electrons.